The maximum Gasteiger partial charge on any atom is 0.330 e. The van der Waals surface area contributed by atoms with E-state index in [2.05, 4.69) is 32.5 Å². The number of para-hydroxylation sites is 1. The highest BCUT2D eigenvalue weighted by atomic mass is 16.6. The Balaban J connectivity index is 1.56. The number of aliphatic hydroxyl groups excluding tert-OH is 1. The highest BCUT2D eigenvalue weighted by molar-refractivity contribution is 5.64. The maximum absolute atomic E-state index is 11.6. The molecule has 0 amide bonds. The molecule has 10 nitrogen and oxygen atoms in total. The Morgan fingerprint density at radius 3 is 2.61 bits per heavy atom. The Bertz CT molecular complexity index is 847. The molecule has 4 rings (SSSR count). The predicted octanol–water partition coefficient (Wildman–Crippen LogP) is 0.883. The van der Waals surface area contributed by atoms with E-state index in [0.29, 0.717) is 11.3 Å². The molecule has 2 aromatic rings. The molecule has 1 aromatic heterocycles. The first-order chi connectivity index (χ1) is 13.7. The molecule has 10 heteroatoms. The van der Waals surface area contributed by atoms with Crippen LogP contribution in [-0.2, 0) is 0 Å². The topological polar surface area (TPSA) is 111 Å². The zero-order chi connectivity index (χ0) is 19.5. The molecule has 0 saturated carbocycles. The number of hydrogen-bond donors (Lipinski definition) is 2. The van der Waals surface area contributed by atoms with Gasteiger partial charge in [0.05, 0.1) is 23.9 Å². The molecule has 1 atom stereocenters. The predicted molar refractivity (Wildman–Crippen MR) is 101 cm³/mol. The molecule has 1 saturated heterocycles. The Kier molecular flexibility index (Phi) is 5.13. The van der Waals surface area contributed by atoms with Gasteiger partial charge in [0.25, 0.3) is 0 Å². The van der Waals surface area contributed by atoms with Crippen molar-refractivity contribution in [2.24, 2.45) is 0 Å². The average Bonchev–Trinajstić information content (AvgIpc) is 3.21. The first-order valence-electron chi connectivity index (χ1n) is 9.17. The van der Waals surface area contributed by atoms with Crippen molar-refractivity contribution in [1.29, 1.82) is 0 Å². The molecular formula is C18H22N6O4. The third-order valence-corrected chi connectivity index (χ3v) is 4.98. The first-order valence-corrected chi connectivity index (χ1v) is 9.17. The van der Waals surface area contributed by atoms with Crippen LogP contribution in [0.3, 0.4) is 0 Å². The van der Waals surface area contributed by atoms with Crippen molar-refractivity contribution in [3.63, 3.8) is 0 Å². The summed E-state index contributed by atoms with van der Waals surface area (Å²) in [6.45, 7) is 3.23. The van der Waals surface area contributed by atoms with Crippen molar-refractivity contribution in [1.82, 2.24) is 20.5 Å². The summed E-state index contributed by atoms with van der Waals surface area (Å²) in [6, 6.07) is 10.2. The van der Waals surface area contributed by atoms with Gasteiger partial charge in [-0.1, -0.05) is 23.4 Å². The third-order valence-electron chi connectivity index (χ3n) is 4.98. The normalized spacial score (nSPS) is 19.4. The number of benzene rings is 1. The summed E-state index contributed by atoms with van der Waals surface area (Å²) >= 11 is 0. The van der Waals surface area contributed by atoms with Crippen molar-refractivity contribution in [2.45, 2.75) is 6.17 Å². The molecule has 2 aliphatic rings. The Labute approximate surface area is 161 Å². The van der Waals surface area contributed by atoms with Gasteiger partial charge < -0.3 is 19.4 Å². The Hall–Kier alpha value is -3.11. The second-order valence-electron chi connectivity index (χ2n) is 6.63. The molecule has 1 fully saturated rings. The van der Waals surface area contributed by atoms with Gasteiger partial charge in [0.15, 0.2) is 5.76 Å². The molecule has 1 unspecified atom stereocenters. The van der Waals surface area contributed by atoms with Gasteiger partial charge in [-0.2, -0.15) is 0 Å². The van der Waals surface area contributed by atoms with Crippen molar-refractivity contribution in [3.8, 4) is 0 Å². The monoisotopic (exact) mass is 386 g/mol. The molecule has 0 radical (unpaired) electrons. The van der Waals surface area contributed by atoms with Gasteiger partial charge in [-0.05, 0) is 12.1 Å². The van der Waals surface area contributed by atoms with E-state index in [4.69, 9.17) is 9.63 Å². The lowest BCUT2D eigenvalue weighted by atomic mass is 10.1. The summed E-state index contributed by atoms with van der Waals surface area (Å²) in [6.07, 6.45) is 1.92. The lowest BCUT2D eigenvalue weighted by Gasteiger charge is -2.39. The number of nitrogens with one attached hydrogen (secondary N) is 1. The summed E-state index contributed by atoms with van der Waals surface area (Å²) in [5.74, 6) is 0.428. The molecule has 28 heavy (non-hydrogen) atoms. The fraction of sp³-hybridized carbons (Fsp3) is 0.389. The molecule has 148 valence electrons. The summed E-state index contributed by atoms with van der Waals surface area (Å²) in [4.78, 5) is 15.7. The average molecular weight is 386 g/mol. The Morgan fingerprint density at radius 2 is 1.93 bits per heavy atom. The van der Waals surface area contributed by atoms with Crippen LogP contribution in [0.4, 0.5) is 5.69 Å². The van der Waals surface area contributed by atoms with Crippen LogP contribution in [0, 0.1) is 10.1 Å². The summed E-state index contributed by atoms with van der Waals surface area (Å²) < 4.78 is 5.38. The van der Waals surface area contributed by atoms with Crippen molar-refractivity contribution in [2.75, 3.05) is 44.2 Å². The molecule has 2 N–H and O–H groups in total. The van der Waals surface area contributed by atoms with Crippen LogP contribution < -0.4 is 10.3 Å². The number of fused-ring (bicyclic) bond motifs is 1. The zero-order valence-corrected chi connectivity index (χ0v) is 15.3. The number of hydrogen-bond acceptors (Lipinski definition) is 9. The van der Waals surface area contributed by atoms with E-state index in [1.54, 1.807) is 6.20 Å². The van der Waals surface area contributed by atoms with Crippen LogP contribution in [0.5, 0.6) is 0 Å². The third kappa shape index (κ3) is 3.39. The van der Waals surface area contributed by atoms with Crippen LogP contribution >= 0.6 is 0 Å². The van der Waals surface area contributed by atoms with Crippen LogP contribution in [0.15, 0.2) is 47.3 Å². The molecule has 2 aliphatic heterocycles. The molecule has 0 bridgehead atoms. The van der Waals surface area contributed by atoms with Gasteiger partial charge in [-0.15, -0.1) is 0 Å². The second-order valence-corrected chi connectivity index (χ2v) is 6.63. The zero-order valence-electron chi connectivity index (χ0n) is 15.3. The van der Waals surface area contributed by atoms with E-state index >= 15 is 0 Å². The van der Waals surface area contributed by atoms with Gasteiger partial charge in [-0.3, -0.25) is 10.1 Å². The second kappa shape index (κ2) is 7.87. The molecule has 0 aliphatic carbocycles. The van der Waals surface area contributed by atoms with Crippen molar-refractivity contribution in [3.05, 3.63) is 64.2 Å². The maximum atomic E-state index is 11.6. The van der Waals surface area contributed by atoms with E-state index in [1.807, 2.05) is 18.2 Å². The van der Waals surface area contributed by atoms with Crippen LogP contribution in [0.25, 0.3) is 5.70 Å². The quantitative estimate of drug-likeness (QED) is 0.552. The van der Waals surface area contributed by atoms with Gasteiger partial charge in [0.2, 0.25) is 0 Å². The van der Waals surface area contributed by atoms with E-state index < -0.39 is 11.1 Å². The number of rotatable bonds is 6. The lowest BCUT2D eigenvalue weighted by Crippen LogP contribution is -2.48. The number of nitrogens with zero attached hydrogens (tertiary/aromatic N) is 5. The molecule has 1 aromatic carbocycles. The van der Waals surface area contributed by atoms with Gasteiger partial charge in [0.1, 0.15) is 11.3 Å². The smallest absolute Gasteiger partial charge is 0.330 e. The minimum atomic E-state index is -1.15. The highest BCUT2D eigenvalue weighted by Gasteiger charge is 2.41. The van der Waals surface area contributed by atoms with Crippen LogP contribution in [0.2, 0.25) is 0 Å². The number of anilines is 1. The largest absolute Gasteiger partial charge is 0.395 e. The highest BCUT2D eigenvalue weighted by Crippen LogP contribution is 2.36. The lowest BCUT2D eigenvalue weighted by molar-refractivity contribution is -0.558. The fourth-order valence-corrected chi connectivity index (χ4v) is 3.63. The number of aromatic nitrogens is 1. The fourth-order valence-electron chi connectivity index (χ4n) is 3.63. The summed E-state index contributed by atoms with van der Waals surface area (Å²) in [5.41, 5.74) is 5.23. The van der Waals surface area contributed by atoms with Gasteiger partial charge in [0, 0.05) is 38.4 Å². The molecule has 3 heterocycles. The van der Waals surface area contributed by atoms with Gasteiger partial charge in [-0.25, -0.2) is 10.4 Å². The SMILES string of the molecule is O=[N+]([O-])C1c2cnoc2C(N2CCN(c3ccccc3)CC2)=CN1NCCO. The van der Waals surface area contributed by atoms with Crippen molar-refractivity contribution >= 4 is 11.4 Å². The Morgan fingerprint density at radius 1 is 1.21 bits per heavy atom. The van der Waals surface area contributed by atoms with Crippen LogP contribution in [-0.4, -0.2) is 64.4 Å². The number of aliphatic hydroxyl groups is 1. The van der Waals surface area contributed by atoms with E-state index in [9.17, 15) is 10.1 Å². The van der Waals surface area contributed by atoms with Gasteiger partial charge >= 0.3 is 6.17 Å². The van der Waals surface area contributed by atoms with Crippen molar-refractivity contribution < 1.29 is 14.6 Å². The van der Waals surface area contributed by atoms with E-state index in [0.717, 1.165) is 31.9 Å². The molecular weight excluding hydrogens is 364 g/mol. The summed E-state index contributed by atoms with van der Waals surface area (Å²) in [5, 5.41) is 25.9. The first kappa shape index (κ1) is 18.3. The van der Waals surface area contributed by atoms with E-state index in [1.165, 1.54) is 16.9 Å². The minimum absolute atomic E-state index is 0.129. The molecule has 0 spiro atoms. The number of nitro groups is 1. The van der Waals surface area contributed by atoms with E-state index in [-0.39, 0.29) is 13.2 Å². The summed E-state index contributed by atoms with van der Waals surface area (Å²) in [7, 11) is 0. The minimum Gasteiger partial charge on any atom is -0.395 e. The standard InChI is InChI=1S/C18H22N6O4/c25-11-6-19-23-13-16(17-15(12-20-28-17)18(23)24(26)27)22-9-7-21(8-10-22)14-4-2-1-3-5-14/h1-5,12-13,18-19,25H,6-11H2. The van der Waals surface area contributed by atoms with Crippen LogP contribution in [0.1, 0.15) is 17.5 Å². The number of hydrazine groups is 1. The number of piperazine rings is 1.